The lowest BCUT2D eigenvalue weighted by Crippen LogP contribution is -2.17. The molecule has 0 fully saturated rings. The van der Waals surface area contributed by atoms with Gasteiger partial charge in [-0.05, 0) is 34.1 Å². The Kier molecular flexibility index (Phi) is 4.43. The van der Waals surface area contributed by atoms with Gasteiger partial charge in [0.05, 0.1) is 15.8 Å². The summed E-state index contributed by atoms with van der Waals surface area (Å²) >= 11 is 2.87. The van der Waals surface area contributed by atoms with Gasteiger partial charge in [0.15, 0.2) is 5.03 Å². The van der Waals surface area contributed by atoms with Gasteiger partial charge in [0.25, 0.3) is 10.0 Å². The van der Waals surface area contributed by atoms with E-state index in [0.717, 1.165) is 6.07 Å². The van der Waals surface area contributed by atoms with E-state index < -0.39 is 21.7 Å². The van der Waals surface area contributed by atoms with Gasteiger partial charge in [-0.3, -0.25) is 4.72 Å². The molecular formula is C12H10BrF2N3O2S. The molecule has 2 rings (SSSR count). The molecule has 1 aromatic carbocycles. The highest BCUT2D eigenvalue weighted by Gasteiger charge is 2.22. The van der Waals surface area contributed by atoms with Crippen LogP contribution in [-0.4, -0.2) is 20.4 Å². The molecule has 21 heavy (non-hydrogen) atoms. The van der Waals surface area contributed by atoms with Crippen molar-refractivity contribution in [1.29, 1.82) is 0 Å². The Morgan fingerprint density at radius 2 is 1.90 bits per heavy atom. The molecule has 0 bridgehead atoms. The predicted molar refractivity (Wildman–Crippen MR) is 78.7 cm³/mol. The highest BCUT2D eigenvalue weighted by atomic mass is 79.9. The molecule has 0 saturated heterocycles. The second-order valence-electron chi connectivity index (χ2n) is 3.96. The Morgan fingerprint density at radius 1 is 1.19 bits per heavy atom. The first-order valence-electron chi connectivity index (χ1n) is 5.65. The minimum absolute atomic E-state index is 0.0588. The third kappa shape index (κ3) is 3.30. The Morgan fingerprint density at radius 3 is 2.57 bits per heavy atom. The van der Waals surface area contributed by atoms with Gasteiger partial charge in [-0.15, -0.1) is 0 Å². The molecule has 1 aromatic heterocycles. The lowest BCUT2D eigenvalue weighted by molar-refractivity contribution is 0.578. The number of rotatable bonds is 4. The van der Waals surface area contributed by atoms with Crippen molar-refractivity contribution in [3.05, 3.63) is 46.6 Å². The molecule has 0 aliphatic carbocycles. The summed E-state index contributed by atoms with van der Waals surface area (Å²) in [4.78, 5) is 3.77. The van der Waals surface area contributed by atoms with Crippen LogP contribution in [0.4, 0.5) is 20.2 Å². The van der Waals surface area contributed by atoms with E-state index >= 15 is 0 Å². The van der Waals surface area contributed by atoms with E-state index in [-0.39, 0.29) is 20.9 Å². The van der Waals surface area contributed by atoms with Crippen molar-refractivity contribution in [1.82, 2.24) is 4.98 Å². The number of aromatic nitrogens is 1. The van der Waals surface area contributed by atoms with Crippen molar-refractivity contribution in [2.45, 2.75) is 5.03 Å². The van der Waals surface area contributed by atoms with E-state index in [9.17, 15) is 17.2 Å². The molecule has 112 valence electrons. The number of pyridine rings is 1. The van der Waals surface area contributed by atoms with Crippen LogP contribution in [0.2, 0.25) is 0 Å². The fraction of sp³-hybridized carbons (Fsp3) is 0.0833. The van der Waals surface area contributed by atoms with Crippen molar-refractivity contribution in [3.8, 4) is 0 Å². The molecule has 0 radical (unpaired) electrons. The molecule has 0 unspecified atom stereocenters. The minimum Gasteiger partial charge on any atom is -0.386 e. The second-order valence-corrected chi connectivity index (χ2v) is 6.41. The molecule has 2 N–H and O–H groups in total. The number of sulfonamides is 1. The van der Waals surface area contributed by atoms with Crippen LogP contribution in [0.15, 0.2) is 40.0 Å². The van der Waals surface area contributed by atoms with Crippen LogP contribution >= 0.6 is 15.9 Å². The molecule has 0 atom stereocenters. The van der Waals surface area contributed by atoms with Crippen LogP contribution in [-0.2, 0) is 10.0 Å². The molecule has 2 aromatic rings. The topological polar surface area (TPSA) is 71.1 Å². The molecule has 1 heterocycles. The first kappa shape index (κ1) is 15.6. The number of hydrogen-bond donors (Lipinski definition) is 2. The third-order valence-electron chi connectivity index (χ3n) is 2.55. The van der Waals surface area contributed by atoms with E-state index in [1.165, 1.54) is 19.3 Å². The van der Waals surface area contributed by atoms with Crippen LogP contribution in [0.25, 0.3) is 0 Å². The monoisotopic (exact) mass is 377 g/mol. The van der Waals surface area contributed by atoms with Gasteiger partial charge in [-0.2, -0.15) is 8.42 Å². The van der Waals surface area contributed by atoms with Gasteiger partial charge in [0.2, 0.25) is 0 Å². The first-order chi connectivity index (χ1) is 9.85. The maximum Gasteiger partial charge on any atom is 0.281 e. The smallest absolute Gasteiger partial charge is 0.281 e. The van der Waals surface area contributed by atoms with Crippen LogP contribution < -0.4 is 10.0 Å². The SMILES string of the molecule is CNc1cccnc1S(=O)(=O)Nc1cc(Br)c(F)cc1F. The largest absolute Gasteiger partial charge is 0.386 e. The summed E-state index contributed by atoms with van der Waals surface area (Å²) in [5.74, 6) is -1.86. The van der Waals surface area contributed by atoms with Gasteiger partial charge in [-0.25, -0.2) is 13.8 Å². The second kappa shape index (κ2) is 5.94. The number of hydrogen-bond acceptors (Lipinski definition) is 4. The predicted octanol–water partition coefficient (Wildman–Crippen LogP) is 2.96. The van der Waals surface area contributed by atoms with Crippen LogP contribution in [0, 0.1) is 11.6 Å². The number of nitrogens with one attached hydrogen (secondary N) is 2. The molecule has 0 aliphatic heterocycles. The molecule has 0 amide bonds. The van der Waals surface area contributed by atoms with Gasteiger partial charge in [0, 0.05) is 19.3 Å². The van der Waals surface area contributed by atoms with Gasteiger partial charge in [0.1, 0.15) is 11.6 Å². The van der Waals surface area contributed by atoms with Crippen molar-refractivity contribution >= 4 is 37.3 Å². The third-order valence-corrected chi connectivity index (χ3v) is 4.48. The van der Waals surface area contributed by atoms with E-state index in [0.29, 0.717) is 6.07 Å². The molecule has 9 heteroatoms. The van der Waals surface area contributed by atoms with Crippen LogP contribution in [0.3, 0.4) is 0 Å². The standard InChI is InChI=1S/C12H10BrF2N3O2S/c1-16-10-3-2-4-17-12(10)21(19,20)18-11-5-7(13)8(14)6-9(11)15/h2-6,16,18H,1H3. The Labute approximate surface area is 128 Å². The average molecular weight is 378 g/mol. The summed E-state index contributed by atoms with van der Waals surface area (Å²) in [6.07, 6.45) is 1.30. The fourth-order valence-corrected chi connectivity index (χ4v) is 3.13. The number of anilines is 2. The highest BCUT2D eigenvalue weighted by Crippen LogP contribution is 2.27. The first-order valence-corrected chi connectivity index (χ1v) is 7.93. The average Bonchev–Trinajstić information content (AvgIpc) is 2.44. The maximum absolute atomic E-state index is 13.6. The van der Waals surface area contributed by atoms with Gasteiger partial charge < -0.3 is 5.32 Å². The number of halogens is 3. The lowest BCUT2D eigenvalue weighted by Gasteiger charge is -2.12. The number of benzene rings is 1. The quantitative estimate of drug-likeness (QED) is 0.803. The highest BCUT2D eigenvalue weighted by molar-refractivity contribution is 9.10. The van der Waals surface area contributed by atoms with Gasteiger partial charge >= 0.3 is 0 Å². The van der Waals surface area contributed by atoms with Crippen LogP contribution in [0.5, 0.6) is 0 Å². The molecular weight excluding hydrogens is 368 g/mol. The van der Waals surface area contributed by atoms with E-state index in [4.69, 9.17) is 0 Å². The van der Waals surface area contributed by atoms with Crippen molar-refractivity contribution in [2.24, 2.45) is 0 Å². The van der Waals surface area contributed by atoms with E-state index in [1.807, 2.05) is 4.72 Å². The summed E-state index contributed by atoms with van der Waals surface area (Å²) in [5, 5.41) is 2.39. The number of nitrogens with zero attached hydrogens (tertiary/aromatic N) is 1. The van der Waals surface area contributed by atoms with Crippen molar-refractivity contribution in [3.63, 3.8) is 0 Å². The van der Waals surface area contributed by atoms with Crippen LogP contribution in [0.1, 0.15) is 0 Å². The molecule has 0 aliphatic rings. The summed E-state index contributed by atoms with van der Waals surface area (Å²) < 4.78 is 53.2. The Balaban J connectivity index is 2.45. The lowest BCUT2D eigenvalue weighted by atomic mass is 10.3. The zero-order valence-corrected chi connectivity index (χ0v) is 13.1. The van der Waals surface area contributed by atoms with Gasteiger partial charge in [-0.1, -0.05) is 0 Å². The minimum atomic E-state index is -4.12. The zero-order chi connectivity index (χ0) is 15.6. The fourth-order valence-electron chi connectivity index (χ4n) is 1.59. The van der Waals surface area contributed by atoms with Crippen molar-refractivity contribution in [2.75, 3.05) is 17.1 Å². The summed E-state index contributed by atoms with van der Waals surface area (Å²) in [7, 11) is -2.58. The Hall–Kier alpha value is -1.74. The summed E-state index contributed by atoms with van der Waals surface area (Å²) in [6, 6.07) is 4.65. The Bertz CT molecular complexity index is 784. The molecule has 0 spiro atoms. The molecule has 0 saturated carbocycles. The summed E-state index contributed by atoms with van der Waals surface area (Å²) in [6.45, 7) is 0. The summed E-state index contributed by atoms with van der Waals surface area (Å²) in [5.41, 5.74) is -0.123. The zero-order valence-electron chi connectivity index (χ0n) is 10.7. The normalized spacial score (nSPS) is 11.2. The van der Waals surface area contributed by atoms with Crippen molar-refractivity contribution < 1.29 is 17.2 Å². The van der Waals surface area contributed by atoms with E-state index in [2.05, 4.69) is 26.2 Å². The maximum atomic E-state index is 13.6. The molecule has 5 nitrogen and oxygen atoms in total. The van der Waals surface area contributed by atoms with E-state index in [1.54, 1.807) is 6.07 Å².